The standard InChI is InChI=1S/C16H10N4O3/c21-16-13-3-1-2-4-14(13)19-15(9-10-17-19)18(16)11-5-7-12(8-6-11)20(22)23/h1-10H. The summed E-state index contributed by atoms with van der Waals surface area (Å²) in [7, 11) is 0. The molecular weight excluding hydrogens is 296 g/mol. The monoisotopic (exact) mass is 306 g/mol. The second kappa shape index (κ2) is 4.77. The summed E-state index contributed by atoms with van der Waals surface area (Å²) in [5.74, 6) is 0. The Bertz CT molecular complexity index is 1110. The fourth-order valence-corrected chi connectivity index (χ4v) is 2.69. The van der Waals surface area contributed by atoms with Gasteiger partial charge in [-0.2, -0.15) is 5.10 Å². The van der Waals surface area contributed by atoms with E-state index in [0.717, 1.165) is 5.52 Å². The number of hydrogen-bond acceptors (Lipinski definition) is 4. The van der Waals surface area contributed by atoms with Gasteiger partial charge >= 0.3 is 0 Å². The van der Waals surface area contributed by atoms with E-state index in [1.54, 1.807) is 41.0 Å². The lowest BCUT2D eigenvalue weighted by Gasteiger charge is -2.10. The molecule has 0 amide bonds. The third-order valence-corrected chi connectivity index (χ3v) is 3.74. The number of nitro groups is 1. The van der Waals surface area contributed by atoms with E-state index in [-0.39, 0.29) is 11.2 Å². The van der Waals surface area contributed by atoms with Gasteiger partial charge in [0.05, 0.1) is 27.7 Å². The predicted octanol–water partition coefficient (Wildman–Crippen LogP) is 2.55. The molecule has 2 heterocycles. The molecule has 0 saturated heterocycles. The highest BCUT2D eigenvalue weighted by molar-refractivity contribution is 5.81. The minimum absolute atomic E-state index is 0.0212. The number of hydrogen-bond donors (Lipinski definition) is 0. The molecule has 4 aromatic rings. The van der Waals surface area contributed by atoms with Crippen molar-refractivity contribution in [3.05, 3.63) is 81.3 Å². The molecule has 0 spiro atoms. The number of benzene rings is 2. The van der Waals surface area contributed by atoms with Crippen molar-refractivity contribution < 1.29 is 4.92 Å². The quantitative estimate of drug-likeness (QED) is 0.421. The minimum atomic E-state index is -0.471. The SMILES string of the molecule is O=c1c2ccccc2n2nccc2n1-c1ccc([N+](=O)[O-])cc1. The second-order valence-electron chi connectivity index (χ2n) is 5.03. The van der Waals surface area contributed by atoms with Crippen LogP contribution in [0.2, 0.25) is 0 Å². The Morgan fingerprint density at radius 3 is 2.48 bits per heavy atom. The number of non-ortho nitro benzene ring substituents is 1. The molecule has 0 aliphatic rings. The lowest BCUT2D eigenvalue weighted by atomic mass is 10.2. The van der Waals surface area contributed by atoms with E-state index in [9.17, 15) is 14.9 Å². The number of para-hydroxylation sites is 1. The Labute approximate surface area is 129 Å². The molecule has 112 valence electrons. The fourth-order valence-electron chi connectivity index (χ4n) is 2.69. The summed E-state index contributed by atoms with van der Waals surface area (Å²) in [6.07, 6.45) is 1.61. The molecular formula is C16H10N4O3. The van der Waals surface area contributed by atoms with E-state index in [0.29, 0.717) is 16.7 Å². The maximum Gasteiger partial charge on any atom is 0.269 e. The van der Waals surface area contributed by atoms with Gasteiger partial charge in [-0.3, -0.25) is 19.5 Å². The van der Waals surface area contributed by atoms with E-state index < -0.39 is 4.92 Å². The van der Waals surface area contributed by atoms with E-state index in [2.05, 4.69) is 5.10 Å². The first-order chi connectivity index (χ1) is 11.2. The van der Waals surface area contributed by atoms with Crippen LogP contribution in [0.15, 0.2) is 65.6 Å². The average molecular weight is 306 g/mol. The van der Waals surface area contributed by atoms with Crippen molar-refractivity contribution in [1.82, 2.24) is 14.2 Å². The van der Waals surface area contributed by atoms with Crippen LogP contribution < -0.4 is 5.56 Å². The summed E-state index contributed by atoms with van der Waals surface area (Å²) < 4.78 is 3.18. The van der Waals surface area contributed by atoms with Crippen molar-refractivity contribution in [3.63, 3.8) is 0 Å². The molecule has 2 aromatic heterocycles. The van der Waals surface area contributed by atoms with E-state index in [1.807, 2.05) is 12.1 Å². The topological polar surface area (TPSA) is 82.4 Å². The minimum Gasteiger partial charge on any atom is -0.268 e. The van der Waals surface area contributed by atoms with Crippen LogP contribution in [0.25, 0.3) is 22.2 Å². The van der Waals surface area contributed by atoms with Gasteiger partial charge in [-0.1, -0.05) is 12.1 Å². The predicted molar refractivity (Wildman–Crippen MR) is 84.9 cm³/mol. The average Bonchev–Trinajstić information content (AvgIpc) is 3.05. The van der Waals surface area contributed by atoms with Crippen LogP contribution >= 0.6 is 0 Å². The zero-order valence-corrected chi connectivity index (χ0v) is 11.8. The lowest BCUT2D eigenvalue weighted by Crippen LogP contribution is -2.21. The third kappa shape index (κ3) is 1.90. The first-order valence-electron chi connectivity index (χ1n) is 6.89. The van der Waals surface area contributed by atoms with E-state index >= 15 is 0 Å². The van der Waals surface area contributed by atoms with Crippen molar-refractivity contribution in [2.24, 2.45) is 0 Å². The van der Waals surface area contributed by atoms with Gasteiger partial charge in [0.25, 0.3) is 11.2 Å². The van der Waals surface area contributed by atoms with Crippen LogP contribution in [0.3, 0.4) is 0 Å². The van der Waals surface area contributed by atoms with Gasteiger partial charge < -0.3 is 0 Å². The molecule has 0 aliphatic carbocycles. The molecule has 7 nitrogen and oxygen atoms in total. The van der Waals surface area contributed by atoms with Crippen LogP contribution in [0.1, 0.15) is 0 Å². The highest BCUT2D eigenvalue weighted by Gasteiger charge is 2.13. The molecule has 23 heavy (non-hydrogen) atoms. The Morgan fingerprint density at radius 2 is 1.74 bits per heavy atom. The van der Waals surface area contributed by atoms with Crippen LogP contribution in [0.5, 0.6) is 0 Å². The molecule has 2 aromatic carbocycles. The second-order valence-corrected chi connectivity index (χ2v) is 5.03. The molecule has 7 heteroatoms. The maximum atomic E-state index is 12.8. The summed E-state index contributed by atoms with van der Waals surface area (Å²) in [6.45, 7) is 0. The number of nitro benzene ring substituents is 1. The summed E-state index contributed by atoms with van der Waals surface area (Å²) in [5, 5.41) is 15.6. The third-order valence-electron chi connectivity index (χ3n) is 3.74. The largest absolute Gasteiger partial charge is 0.269 e. The van der Waals surface area contributed by atoms with Gasteiger partial charge in [-0.05, 0) is 24.3 Å². The molecule has 0 N–H and O–H groups in total. The van der Waals surface area contributed by atoms with Gasteiger partial charge in [0.2, 0.25) is 0 Å². The highest BCUT2D eigenvalue weighted by atomic mass is 16.6. The Hall–Kier alpha value is -3.48. The zero-order valence-electron chi connectivity index (χ0n) is 11.8. The lowest BCUT2D eigenvalue weighted by molar-refractivity contribution is -0.384. The Morgan fingerprint density at radius 1 is 1.00 bits per heavy atom. The van der Waals surface area contributed by atoms with Crippen molar-refractivity contribution >= 4 is 22.2 Å². The first-order valence-corrected chi connectivity index (χ1v) is 6.89. The molecule has 4 rings (SSSR count). The summed E-state index contributed by atoms with van der Waals surface area (Å²) >= 11 is 0. The molecule has 0 fully saturated rings. The fraction of sp³-hybridized carbons (Fsp3) is 0. The van der Waals surface area contributed by atoms with Crippen LogP contribution in [0.4, 0.5) is 5.69 Å². The van der Waals surface area contributed by atoms with Crippen molar-refractivity contribution in [3.8, 4) is 5.69 Å². The van der Waals surface area contributed by atoms with Crippen molar-refractivity contribution in [2.75, 3.05) is 0 Å². The van der Waals surface area contributed by atoms with Crippen LogP contribution in [0, 0.1) is 10.1 Å². The molecule has 0 atom stereocenters. The van der Waals surface area contributed by atoms with Crippen LogP contribution in [-0.2, 0) is 0 Å². The Balaban J connectivity index is 2.09. The first kappa shape index (κ1) is 13.2. The number of aromatic nitrogens is 3. The summed E-state index contributed by atoms with van der Waals surface area (Å²) in [5.41, 5.74) is 1.66. The summed E-state index contributed by atoms with van der Waals surface area (Å²) in [4.78, 5) is 23.2. The van der Waals surface area contributed by atoms with E-state index in [1.165, 1.54) is 16.7 Å². The van der Waals surface area contributed by atoms with Gasteiger partial charge in [-0.15, -0.1) is 0 Å². The number of nitrogens with zero attached hydrogens (tertiary/aromatic N) is 4. The summed E-state index contributed by atoms with van der Waals surface area (Å²) in [6, 6.07) is 14.8. The van der Waals surface area contributed by atoms with E-state index in [4.69, 9.17) is 0 Å². The zero-order chi connectivity index (χ0) is 16.0. The molecule has 0 saturated carbocycles. The molecule has 0 unspecified atom stereocenters. The maximum absolute atomic E-state index is 12.8. The highest BCUT2D eigenvalue weighted by Crippen LogP contribution is 2.19. The molecule has 0 aliphatic heterocycles. The smallest absolute Gasteiger partial charge is 0.268 e. The van der Waals surface area contributed by atoms with Crippen molar-refractivity contribution in [1.29, 1.82) is 0 Å². The Kier molecular flexibility index (Phi) is 2.74. The van der Waals surface area contributed by atoms with Gasteiger partial charge in [0.1, 0.15) is 5.65 Å². The molecule has 0 radical (unpaired) electrons. The van der Waals surface area contributed by atoms with Gasteiger partial charge in [-0.25, -0.2) is 4.52 Å². The number of rotatable bonds is 2. The van der Waals surface area contributed by atoms with Crippen molar-refractivity contribution in [2.45, 2.75) is 0 Å². The van der Waals surface area contributed by atoms with Gasteiger partial charge in [0.15, 0.2) is 0 Å². The number of fused-ring (bicyclic) bond motifs is 3. The molecule has 0 bridgehead atoms. The van der Waals surface area contributed by atoms with Crippen LogP contribution in [-0.4, -0.2) is 19.1 Å². The van der Waals surface area contributed by atoms with Gasteiger partial charge in [0, 0.05) is 18.2 Å². The normalized spacial score (nSPS) is 11.1.